The van der Waals surface area contributed by atoms with Crippen LogP contribution in [-0.4, -0.2) is 40.0 Å². The highest BCUT2D eigenvalue weighted by atomic mass is 15.1. The fraction of sp³-hybridized carbons (Fsp3) is 0.550. The van der Waals surface area contributed by atoms with Crippen LogP contribution < -0.4 is 0 Å². The standard InChI is InChI=1S/C7H15N.C7H9N.C6H8N2/c1-7-3-5-8(2)6-4-7;1-6-3-4-7(2)8-5-6;1-5-3-7-6(2)8-4-5/h7H,3-6H2,1-2H3;3-5H,1-2H3;3-4H,1-2H3. The van der Waals surface area contributed by atoms with Crippen LogP contribution in [0.3, 0.4) is 0 Å². The van der Waals surface area contributed by atoms with Crippen molar-refractivity contribution in [2.45, 2.75) is 47.5 Å². The molecule has 0 radical (unpaired) electrons. The molecule has 3 rings (SSSR count). The van der Waals surface area contributed by atoms with E-state index in [4.69, 9.17) is 0 Å². The van der Waals surface area contributed by atoms with Crippen LogP contribution in [0.5, 0.6) is 0 Å². The fourth-order valence-electron chi connectivity index (χ4n) is 2.14. The lowest BCUT2D eigenvalue weighted by Gasteiger charge is -2.26. The normalized spacial score (nSPS) is 14.9. The average Bonchev–Trinajstić information content (AvgIpc) is 2.57. The average molecular weight is 329 g/mol. The van der Waals surface area contributed by atoms with Gasteiger partial charge in [0.15, 0.2) is 0 Å². The summed E-state index contributed by atoms with van der Waals surface area (Å²) in [4.78, 5) is 14.4. The van der Waals surface area contributed by atoms with E-state index in [9.17, 15) is 0 Å². The third-order valence-corrected chi connectivity index (χ3v) is 3.98. The predicted molar refractivity (Wildman–Crippen MR) is 101 cm³/mol. The Bertz CT molecular complexity index is 460. The maximum absolute atomic E-state index is 4.08. The second-order valence-electron chi connectivity index (χ2n) is 6.77. The summed E-state index contributed by atoms with van der Waals surface area (Å²) >= 11 is 0. The van der Waals surface area contributed by atoms with E-state index < -0.39 is 0 Å². The number of piperidine rings is 1. The molecule has 0 aromatic carbocycles. The van der Waals surface area contributed by atoms with Crippen LogP contribution in [0.25, 0.3) is 0 Å². The van der Waals surface area contributed by atoms with Crippen molar-refractivity contribution in [3.8, 4) is 0 Å². The molecular weight excluding hydrogens is 296 g/mol. The van der Waals surface area contributed by atoms with E-state index in [1.54, 1.807) is 0 Å². The Morgan fingerprint density at radius 1 is 0.833 bits per heavy atom. The molecule has 1 saturated heterocycles. The molecule has 0 spiro atoms. The molecule has 3 heterocycles. The molecule has 132 valence electrons. The van der Waals surface area contributed by atoms with Gasteiger partial charge in [0.25, 0.3) is 0 Å². The molecule has 0 N–H and O–H groups in total. The van der Waals surface area contributed by atoms with Crippen molar-refractivity contribution in [3.63, 3.8) is 0 Å². The van der Waals surface area contributed by atoms with Gasteiger partial charge in [-0.1, -0.05) is 13.0 Å². The molecule has 0 atom stereocenters. The van der Waals surface area contributed by atoms with Gasteiger partial charge in [-0.3, -0.25) is 4.98 Å². The monoisotopic (exact) mass is 328 g/mol. The number of aromatic nitrogens is 3. The van der Waals surface area contributed by atoms with Crippen molar-refractivity contribution in [1.82, 2.24) is 19.9 Å². The zero-order valence-corrected chi connectivity index (χ0v) is 16.1. The molecule has 1 aliphatic heterocycles. The highest BCUT2D eigenvalue weighted by Crippen LogP contribution is 2.13. The van der Waals surface area contributed by atoms with Crippen molar-refractivity contribution in [1.29, 1.82) is 0 Å². The Kier molecular flexibility index (Phi) is 9.16. The lowest BCUT2D eigenvalue weighted by Crippen LogP contribution is -2.28. The first-order valence-corrected chi connectivity index (χ1v) is 8.70. The molecule has 1 aliphatic rings. The van der Waals surface area contributed by atoms with Crippen molar-refractivity contribution in [3.05, 3.63) is 53.4 Å². The van der Waals surface area contributed by atoms with E-state index in [1.165, 1.54) is 31.5 Å². The summed E-state index contributed by atoms with van der Waals surface area (Å²) in [5, 5.41) is 0. The van der Waals surface area contributed by atoms with E-state index in [1.807, 2.05) is 52.4 Å². The fourth-order valence-corrected chi connectivity index (χ4v) is 2.14. The van der Waals surface area contributed by atoms with Gasteiger partial charge in [0, 0.05) is 24.3 Å². The molecule has 0 unspecified atom stereocenters. The Morgan fingerprint density at radius 3 is 1.75 bits per heavy atom. The highest BCUT2D eigenvalue weighted by Gasteiger charge is 2.10. The molecule has 0 saturated carbocycles. The lowest BCUT2D eigenvalue weighted by molar-refractivity contribution is 0.230. The molecule has 0 bridgehead atoms. The summed E-state index contributed by atoms with van der Waals surface area (Å²) in [5.41, 5.74) is 3.40. The summed E-state index contributed by atoms with van der Waals surface area (Å²) in [6.07, 6.45) is 8.28. The zero-order chi connectivity index (χ0) is 17.9. The minimum Gasteiger partial charge on any atom is -0.306 e. The van der Waals surface area contributed by atoms with Gasteiger partial charge in [0.1, 0.15) is 5.82 Å². The molecule has 4 heteroatoms. The van der Waals surface area contributed by atoms with E-state index in [0.29, 0.717) is 0 Å². The van der Waals surface area contributed by atoms with Gasteiger partial charge in [-0.05, 0) is 83.8 Å². The maximum atomic E-state index is 4.08. The first-order valence-electron chi connectivity index (χ1n) is 8.70. The third kappa shape index (κ3) is 9.36. The van der Waals surface area contributed by atoms with Crippen LogP contribution in [-0.2, 0) is 0 Å². The smallest absolute Gasteiger partial charge is 0.125 e. The second-order valence-corrected chi connectivity index (χ2v) is 6.77. The third-order valence-electron chi connectivity index (χ3n) is 3.98. The minimum atomic E-state index is 0.829. The van der Waals surface area contributed by atoms with E-state index in [2.05, 4.69) is 39.9 Å². The lowest BCUT2D eigenvalue weighted by atomic mass is 10.00. The molecular formula is C20H32N4. The predicted octanol–water partition coefficient (Wildman–Crippen LogP) is 4.14. The maximum Gasteiger partial charge on any atom is 0.125 e. The van der Waals surface area contributed by atoms with Gasteiger partial charge < -0.3 is 4.90 Å². The summed E-state index contributed by atoms with van der Waals surface area (Å²) in [6.45, 7) is 12.8. The topological polar surface area (TPSA) is 41.9 Å². The molecule has 0 aliphatic carbocycles. The van der Waals surface area contributed by atoms with Crippen LogP contribution in [0.2, 0.25) is 0 Å². The molecule has 4 nitrogen and oxygen atoms in total. The number of aryl methyl sites for hydroxylation is 4. The number of likely N-dealkylation sites (tertiary alicyclic amines) is 1. The number of hydrogen-bond donors (Lipinski definition) is 0. The Hall–Kier alpha value is -1.81. The summed E-state index contributed by atoms with van der Waals surface area (Å²) in [7, 11) is 2.20. The van der Waals surface area contributed by atoms with Gasteiger partial charge in [-0.2, -0.15) is 0 Å². The molecule has 0 amide bonds. The second kappa shape index (κ2) is 10.9. The highest BCUT2D eigenvalue weighted by molar-refractivity contribution is 5.10. The van der Waals surface area contributed by atoms with Crippen LogP contribution in [0, 0.1) is 33.6 Å². The molecule has 1 fully saturated rings. The van der Waals surface area contributed by atoms with E-state index in [-0.39, 0.29) is 0 Å². The summed E-state index contributed by atoms with van der Waals surface area (Å²) in [5.74, 6) is 1.81. The first kappa shape index (κ1) is 20.2. The summed E-state index contributed by atoms with van der Waals surface area (Å²) < 4.78 is 0. The van der Waals surface area contributed by atoms with Crippen molar-refractivity contribution in [2.75, 3.05) is 20.1 Å². The molecule has 2 aromatic heterocycles. The Labute approximate surface area is 147 Å². The van der Waals surface area contributed by atoms with Crippen LogP contribution in [0.4, 0.5) is 0 Å². The number of hydrogen-bond acceptors (Lipinski definition) is 4. The van der Waals surface area contributed by atoms with Crippen molar-refractivity contribution < 1.29 is 0 Å². The van der Waals surface area contributed by atoms with Crippen LogP contribution in [0.1, 0.15) is 42.4 Å². The first-order chi connectivity index (χ1) is 11.4. The SMILES string of the molecule is CC1CCN(C)CC1.Cc1ccc(C)nc1.Cc1cnc(C)nc1. The number of nitrogens with zero attached hydrogens (tertiary/aromatic N) is 4. The molecule has 2 aromatic rings. The van der Waals surface area contributed by atoms with Crippen molar-refractivity contribution in [2.24, 2.45) is 5.92 Å². The van der Waals surface area contributed by atoms with Crippen LogP contribution >= 0.6 is 0 Å². The Morgan fingerprint density at radius 2 is 1.38 bits per heavy atom. The number of pyridine rings is 1. The van der Waals surface area contributed by atoms with Gasteiger partial charge >= 0.3 is 0 Å². The van der Waals surface area contributed by atoms with Gasteiger partial charge in [0.05, 0.1) is 0 Å². The van der Waals surface area contributed by atoms with E-state index >= 15 is 0 Å². The van der Waals surface area contributed by atoms with Crippen molar-refractivity contribution >= 4 is 0 Å². The van der Waals surface area contributed by atoms with Gasteiger partial charge in [-0.25, -0.2) is 9.97 Å². The Balaban J connectivity index is 0.000000180. The van der Waals surface area contributed by atoms with Gasteiger partial charge in [-0.15, -0.1) is 0 Å². The quantitative estimate of drug-likeness (QED) is 0.729. The largest absolute Gasteiger partial charge is 0.306 e. The number of rotatable bonds is 0. The summed E-state index contributed by atoms with van der Waals surface area (Å²) in [6, 6.07) is 4.07. The molecule has 24 heavy (non-hydrogen) atoms. The zero-order valence-electron chi connectivity index (χ0n) is 16.1. The van der Waals surface area contributed by atoms with Crippen LogP contribution in [0.15, 0.2) is 30.7 Å². The minimum absolute atomic E-state index is 0.829. The van der Waals surface area contributed by atoms with E-state index in [0.717, 1.165) is 23.0 Å². The van der Waals surface area contributed by atoms with Gasteiger partial charge in [0.2, 0.25) is 0 Å².